The van der Waals surface area contributed by atoms with Gasteiger partial charge in [-0.05, 0) is 95.1 Å². The van der Waals surface area contributed by atoms with Gasteiger partial charge in [0.25, 0.3) is 0 Å². The van der Waals surface area contributed by atoms with E-state index in [-0.39, 0.29) is 40.2 Å². The Kier molecular flexibility index (Phi) is 19.4. The van der Waals surface area contributed by atoms with Crippen molar-refractivity contribution in [3.05, 3.63) is 64.8 Å². The van der Waals surface area contributed by atoms with Crippen molar-refractivity contribution in [3.8, 4) is 5.75 Å². The quantitative estimate of drug-likeness (QED) is 0.0703. The highest BCUT2D eigenvalue weighted by Gasteiger charge is 2.43. The summed E-state index contributed by atoms with van der Waals surface area (Å²) in [5.74, 6) is 2.63. The van der Waals surface area contributed by atoms with E-state index < -0.39 is 16.6 Å². The van der Waals surface area contributed by atoms with Gasteiger partial charge in [-0.25, -0.2) is 0 Å². The van der Waals surface area contributed by atoms with Crippen LogP contribution in [0.15, 0.2) is 59.2 Å². The molecule has 1 aromatic carbocycles. The lowest BCUT2D eigenvalue weighted by Crippen LogP contribution is -2.48. The maximum Gasteiger partial charge on any atom is 0.192 e. The van der Waals surface area contributed by atoms with E-state index in [0.717, 1.165) is 30.6 Å². The van der Waals surface area contributed by atoms with Gasteiger partial charge >= 0.3 is 0 Å². The molecule has 0 radical (unpaired) electrons. The molecule has 7 heteroatoms. The van der Waals surface area contributed by atoms with E-state index in [1.807, 2.05) is 24.3 Å². The Bertz CT molecular complexity index is 1150. The number of methoxy groups -OCH3 is 1. The average molecular weight is 827 g/mol. The molecule has 0 saturated heterocycles. The summed E-state index contributed by atoms with van der Waals surface area (Å²) in [5, 5.41) is 0.300. The zero-order valence-electron chi connectivity index (χ0n) is 34.4. The Hall–Kier alpha value is -0.716. The normalized spacial score (nSPS) is 18.6. The standard InChI is InChI=1S/C42H75IO4Si2/c1-18-19-20-32(3)40(45-30-36-22-24-37(44-13)25-23-36)35(6)38(46-48(14,15)41(7,8)9)26-21-31(2)29-34(5)39(33(4)27-28-43)47-49(16,17)42(10,11)12/h18-20,22-25,27-28,31-35,38-40H,1,21,26,29-30H2,2-17H3/b20-19-,28-27-/t31-,32-,33-,34-,35-,38+,39-,40-/m0/s1. The number of hydrogen-bond acceptors (Lipinski definition) is 4. The van der Waals surface area contributed by atoms with Crippen molar-refractivity contribution < 1.29 is 18.3 Å². The van der Waals surface area contributed by atoms with Crippen molar-refractivity contribution in [2.75, 3.05) is 7.11 Å². The second kappa shape index (κ2) is 20.5. The van der Waals surface area contributed by atoms with Crippen molar-refractivity contribution >= 4 is 39.2 Å². The Morgan fingerprint density at radius 1 is 0.776 bits per heavy atom. The third kappa shape index (κ3) is 15.0. The first-order valence-corrected chi connectivity index (χ1v) is 25.7. The van der Waals surface area contributed by atoms with E-state index in [9.17, 15) is 0 Å². The summed E-state index contributed by atoms with van der Waals surface area (Å²) in [6.45, 7) is 39.8. The molecular weight excluding hydrogens is 752 g/mol. The van der Waals surface area contributed by atoms with Gasteiger partial charge in [0.15, 0.2) is 16.6 Å². The maximum atomic E-state index is 7.33. The van der Waals surface area contributed by atoms with Gasteiger partial charge in [0.05, 0.1) is 32.0 Å². The van der Waals surface area contributed by atoms with Gasteiger partial charge in [0, 0.05) is 11.8 Å². The van der Waals surface area contributed by atoms with Gasteiger partial charge in [0.1, 0.15) is 5.75 Å². The molecule has 0 saturated carbocycles. The third-order valence-electron chi connectivity index (χ3n) is 11.4. The summed E-state index contributed by atoms with van der Waals surface area (Å²) in [5.41, 5.74) is 1.14. The van der Waals surface area contributed by atoms with Crippen LogP contribution in [0.4, 0.5) is 0 Å². The van der Waals surface area contributed by atoms with Crippen LogP contribution < -0.4 is 4.74 Å². The summed E-state index contributed by atoms with van der Waals surface area (Å²) in [7, 11) is -2.28. The fourth-order valence-corrected chi connectivity index (χ4v) is 9.65. The van der Waals surface area contributed by atoms with Crippen molar-refractivity contribution in [1.29, 1.82) is 0 Å². The van der Waals surface area contributed by atoms with Gasteiger partial charge in [-0.2, -0.15) is 0 Å². The second-order valence-corrected chi connectivity index (χ2v) is 28.0. The van der Waals surface area contributed by atoms with Gasteiger partial charge in [-0.1, -0.05) is 142 Å². The topological polar surface area (TPSA) is 36.9 Å². The maximum absolute atomic E-state index is 7.33. The largest absolute Gasteiger partial charge is 0.497 e. The molecule has 0 heterocycles. The molecular formula is C42H75IO4Si2. The highest BCUT2D eigenvalue weighted by atomic mass is 127. The molecule has 0 amide bonds. The van der Waals surface area contributed by atoms with Crippen LogP contribution in [-0.4, -0.2) is 42.1 Å². The SMILES string of the molecule is C=C/C=C\[C@H](C)[C@H](OCc1ccc(OC)cc1)[C@@H](C)[C@@H](CC[C@H](C)C[C@H](C)[C@@H](O[Si](C)(C)C(C)(C)C)[C@@H](C)/C=C\I)O[Si](C)(C)C(C)(C)C. The fourth-order valence-electron chi connectivity index (χ4n) is 6.07. The van der Waals surface area contributed by atoms with E-state index in [2.05, 4.69) is 160 Å². The minimum Gasteiger partial charge on any atom is -0.497 e. The molecule has 0 bridgehead atoms. The highest BCUT2D eigenvalue weighted by Crippen LogP contribution is 2.42. The molecule has 0 spiro atoms. The van der Waals surface area contributed by atoms with Crippen LogP contribution in [0.3, 0.4) is 0 Å². The molecule has 282 valence electrons. The molecule has 0 fully saturated rings. The molecule has 0 N–H and O–H groups in total. The molecule has 8 atom stereocenters. The van der Waals surface area contributed by atoms with Crippen LogP contribution in [0.1, 0.15) is 101 Å². The smallest absolute Gasteiger partial charge is 0.192 e. The Morgan fingerprint density at radius 3 is 1.80 bits per heavy atom. The minimum absolute atomic E-state index is 0.00872. The molecule has 0 unspecified atom stereocenters. The van der Waals surface area contributed by atoms with Gasteiger partial charge in [-0.15, -0.1) is 0 Å². The highest BCUT2D eigenvalue weighted by molar-refractivity contribution is 14.1. The van der Waals surface area contributed by atoms with Crippen LogP contribution in [0.2, 0.25) is 36.3 Å². The number of hydrogen-bond donors (Lipinski definition) is 0. The fraction of sp³-hybridized carbons (Fsp3) is 0.714. The first-order chi connectivity index (χ1) is 22.5. The van der Waals surface area contributed by atoms with Crippen molar-refractivity contribution in [2.45, 2.75) is 157 Å². The lowest BCUT2D eigenvalue weighted by atomic mass is 9.82. The predicted molar refractivity (Wildman–Crippen MR) is 228 cm³/mol. The summed E-state index contributed by atoms with van der Waals surface area (Å²) < 4.78 is 28.8. The van der Waals surface area contributed by atoms with Crippen LogP contribution in [0.5, 0.6) is 5.75 Å². The minimum atomic E-state index is -2.05. The van der Waals surface area contributed by atoms with E-state index in [4.69, 9.17) is 18.3 Å². The molecule has 0 aliphatic carbocycles. The van der Waals surface area contributed by atoms with Crippen LogP contribution in [0.25, 0.3) is 0 Å². The first-order valence-electron chi connectivity index (χ1n) is 18.7. The van der Waals surface area contributed by atoms with Crippen molar-refractivity contribution in [1.82, 2.24) is 0 Å². The number of halogens is 1. The number of rotatable bonds is 21. The Labute approximate surface area is 319 Å². The van der Waals surface area contributed by atoms with E-state index in [1.165, 1.54) is 0 Å². The number of ether oxygens (including phenoxy) is 2. The zero-order valence-corrected chi connectivity index (χ0v) is 38.5. The Balaban J connectivity index is 3.32. The number of benzene rings is 1. The van der Waals surface area contributed by atoms with E-state index >= 15 is 0 Å². The van der Waals surface area contributed by atoms with Gasteiger partial charge in [-0.3, -0.25) is 0 Å². The summed E-state index contributed by atoms with van der Waals surface area (Å²) in [6, 6.07) is 8.20. The lowest BCUT2D eigenvalue weighted by molar-refractivity contribution is -0.0551. The summed E-state index contributed by atoms with van der Waals surface area (Å²) in [4.78, 5) is 0. The van der Waals surface area contributed by atoms with Crippen LogP contribution in [0, 0.1) is 29.6 Å². The second-order valence-electron chi connectivity index (χ2n) is 17.8. The average Bonchev–Trinajstić information content (AvgIpc) is 2.99. The monoisotopic (exact) mass is 826 g/mol. The first kappa shape index (κ1) is 46.3. The van der Waals surface area contributed by atoms with E-state index in [1.54, 1.807) is 7.11 Å². The summed E-state index contributed by atoms with van der Waals surface area (Å²) in [6.07, 6.45) is 12.0. The van der Waals surface area contributed by atoms with E-state index in [0.29, 0.717) is 24.4 Å². The number of allylic oxidation sites excluding steroid dienone is 2. The third-order valence-corrected chi connectivity index (χ3v) is 20.8. The molecule has 0 aliphatic rings. The molecule has 4 nitrogen and oxygen atoms in total. The Morgan fingerprint density at radius 2 is 1.31 bits per heavy atom. The molecule has 49 heavy (non-hydrogen) atoms. The lowest BCUT2D eigenvalue weighted by Gasteiger charge is -2.44. The molecule has 0 aromatic heterocycles. The summed E-state index contributed by atoms with van der Waals surface area (Å²) >= 11 is 2.35. The zero-order chi connectivity index (χ0) is 37.8. The van der Waals surface area contributed by atoms with Crippen LogP contribution >= 0.6 is 22.6 Å². The molecule has 0 aliphatic heterocycles. The molecule has 1 aromatic rings. The molecule has 1 rings (SSSR count). The predicted octanol–water partition coefficient (Wildman–Crippen LogP) is 13.4. The van der Waals surface area contributed by atoms with Crippen molar-refractivity contribution in [3.63, 3.8) is 0 Å². The van der Waals surface area contributed by atoms with Crippen molar-refractivity contribution in [2.24, 2.45) is 29.6 Å². The van der Waals surface area contributed by atoms with Gasteiger partial charge < -0.3 is 18.3 Å². The van der Waals surface area contributed by atoms with Gasteiger partial charge in [0.2, 0.25) is 0 Å². The van der Waals surface area contributed by atoms with Crippen LogP contribution in [-0.2, 0) is 20.2 Å².